The number of ether oxygens (including phenoxy) is 1. The van der Waals surface area contributed by atoms with Crippen LogP contribution in [0, 0.1) is 39.4 Å². The number of carbonyl (C=O) groups is 2. The number of hydrogen-bond donors (Lipinski definition) is 3. The third kappa shape index (κ3) is 3.24. The highest BCUT2D eigenvalue weighted by atomic mass is 16.5. The molecule has 0 saturated heterocycles. The minimum absolute atomic E-state index is 0.0114. The Morgan fingerprint density at radius 1 is 1.09 bits per heavy atom. The summed E-state index contributed by atoms with van der Waals surface area (Å²) >= 11 is 0. The van der Waals surface area contributed by atoms with Crippen molar-refractivity contribution in [2.45, 2.75) is 105 Å². The highest BCUT2D eigenvalue weighted by Crippen LogP contribution is 2.71. The van der Waals surface area contributed by atoms with Crippen LogP contribution in [0.5, 0.6) is 0 Å². The Hall–Kier alpha value is -1.24. The van der Waals surface area contributed by atoms with Crippen molar-refractivity contribution in [3.05, 3.63) is 11.1 Å². The molecule has 0 bridgehead atoms. The quantitative estimate of drug-likeness (QED) is 0.533. The van der Waals surface area contributed by atoms with Gasteiger partial charge in [-0.15, -0.1) is 0 Å². The molecule has 0 aromatic rings. The number of Topliss-reactive ketones (excluding diaryl/α,β-unsaturated/α-hetero) is 1. The molecular weight excluding hydrogens is 432 g/mol. The zero-order valence-corrected chi connectivity index (χ0v) is 22.0. The maximum absolute atomic E-state index is 14.0. The SMILES string of the molecule is COC(=O)CCC(C)[C@H]1C[C@H](O)[C@@]2(C)C3=C(C(=O)C[C@]12C)[C@@]1(C)CC[C@H](O)C(C)(C)[C@@H]1C[C@H]3O. The summed E-state index contributed by atoms with van der Waals surface area (Å²) in [4.78, 5) is 25.8. The molecule has 9 atom stereocenters. The van der Waals surface area contributed by atoms with Crippen LogP contribution in [-0.2, 0) is 14.3 Å². The fraction of sp³-hybridized carbons (Fsp3) is 0.857. The Kier molecular flexibility index (Phi) is 6.19. The monoisotopic (exact) mass is 476 g/mol. The molecule has 4 aliphatic carbocycles. The number of ketones is 1. The number of aliphatic hydroxyl groups excluding tert-OH is 3. The van der Waals surface area contributed by atoms with Gasteiger partial charge >= 0.3 is 5.97 Å². The average Bonchev–Trinajstić information content (AvgIpc) is 2.97. The van der Waals surface area contributed by atoms with Crippen molar-refractivity contribution >= 4 is 11.8 Å². The number of aliphatic hydroxyl groups is 3. The molecule has 1 unspecified atom stereocenters. The fourth-order valence-electron chi connectivity index (χ4n) is 9.02. The van der Waals surface area contributed by atoms with Gasteiger partial charge in [-0.2, -0.15) is 0 Å². The lowest BCUT2D eigenvalue weighted by Crippen LogP contribution is -2.61. The molecule has 0 aliphatic heterocycles. The molecule has 0 aromatic carbocycles. The largest absolute Gasteiger partial charge is 0.469 e. The van der Waals surface area contributed by atoms with Crippen molar-refractivity contribution in [1.82, 2.24) is 0 Å². The Morgan fingerprint density at radius 3 is 2.35 bits per heavy atom. The van der Waals surface area contributed by atoms with Crippen LogP contribution >= 0.6 is 0 Å². The van der Waals surface area contributed by atoms with Gasteiger partial charge in [-0.25, -0.2) is 0 Å². The van der Waals surface area contributed by atoms with Gasteiger partial charge in [0.05, 0.1) is 25.4 Å². The summed E-state index contributed by atoms with van der Waals surface area (Å²) in [6.07, 6.45) is 1.74. The Balaban J connectivity index is 1.80. The summed E-state index contributed by atoms with van der Waals surface area (Å²) in [5.74, 6) is 0.0167. The highest BCUT2D eigenvalue weighted by molar-refractivity contribution is 6.00. The van der Waals surface area contributed by atoms with E-state index in [2.05, 4.69) is 41.5 Å². The number of hydrogen-bond acceptors (Lipinski definition) is 6. The van der Waals surface area contributed by atoms with E-state index in [1.54, 1.807) is 0 Å². The third-order valence-corrected chi connectivity index (χ3v) is 11.3. The lowest BCUT2D eigenvalue weighted by Gasteiger charge is -2.62. The molecule has 2 saturated carbocycles. The molecule has 0 radical (unpaired) electrons. The van der Waals surface area contributed by atoms with Gasteiger partial charge in [0, 0.05) is 23.8 Å². The number of fused-ring (bicyclic) bond motifs is 4. The molecule has 0 spiro atoms. The summed E-state index contributed by atoms with van der Waals surface area (Å²) in [6.45, 7) is 12.5. The maximum Gasteiger partial charge on any atom is 0.305 e. The van der Waals surface area contributed by atoms with Crippen LogP contribution < -0.4 is 0 Å². The van der Waals surface area contributed by atoms with E-state index in [1.165, 1.54) is 7.11 Å². The molecule has 0 amide bonds. The van der Waals surface area contributed by atoms with Crippen LogP contribution in [0.4, 0.5) is 0 Å². The van der Waals surface area contributed by atoms with Crippen molar-refractivity contribution < 1.29 is 29.6 Å². The molecule has 4 rings (SSSR count). The van der Waals surface area contributed by atoms with Crippen LogP contribution in [0.15, 0.2) is 11.1 Å². The molecule has 4 aliphatic rings. The van der Waals surface area contributed by atoms with E-state index in [-0.39, 0.29) is 29.5 Å². The zero-order chi connectivity index (χ0) is 25.4. The molecule has 192 valence electrons. The van der Waals surface area contributed by atoms with Crippen LogP contribution in [0.3, 0.4) is 0 Å². The Bertz CT molecular complexity index is 907. The summed E-state index contributed by atoms with van der Waals surface area (Å²) in [5.41, 5.74) is -0.564. The average molecular weight is 477 g/mol. The van der Waals surface area contributed by atoms with Crippen molar-refractivity contribution in [1.29, 1.82) is 0 Å². The van der Waals surface area contributed by atoms with E-state index in [0.717, 1.165) is 11.1 Å². The van der Waals surface area contributed by atoms with E-state index in [9.17, 15) is 24.9 Å². The van der Waals surface area contributed by atoms with Gasteiger partial charge in [-0.05, 0) is 71.7 Å². The smallest absolute Gasteiger partial charge is 0.305 e. The minimum Gasteiger partial charge on any atom is -0.469 e. The molecule has 0 heterocycles. The van der Waals surface area contributed by atoms with E-state index in [0.29, 0.717) is 44.9 Å². The second kappa shape index (κ2) is 8.14. The summed E-state index contributed by atoms with van der Waals surface area (Å²) in [6, 6.07) is 0. The predicted molar refractivity (Wildman–Crippen MR) is 129 cm³/mol. The maximum atomic E-state index is 14.0. The van der Waals surface area contributed by atoms with Gasteiger partial charge in [-0.1, -0.05) is 41.5 Å². The van der Waals surface area contributed by atoms with Crippen LogP contribution in [0.2, 0.25) is 0 Å². The number of allylic oxidation sites excluding steroid dienone is 1. The molecule has 34 heavy (non-hydrogen) atoms. The topological polar surface area (TPSA) is 104 Å². The van der Waals surface area contributed by atoms with Crippen molar-refractivity contribution in [2.75, 3.05) is 7.11 Å². The Morgan fingerprint density at radius 2 is 1.74 bits per heavy atom. The summed E-state index contributed by atoms with van der Waals surface area (Å²) < 4.78 is 4.82. The standard InChI is InChI=1S/C28H44O6/c1-15(8-9-22(33)34-7)16-12-21(32)28(6)24-17(29)13-19-25(2,3)20(31)10-11-26(19,4)23(24)18(30)14-27(16,28)5/h15-17,19-21,29,31-32H,8-14H2,1-7H3/t15?,16-,17-,19+,20+,21+,26+,27-,28+/m1/s1. The number of methoxy groups -OCH3 is 1. The molecule has 0 aromatic heterocycles. The first-order valence-corrected chi connectivity index (χ1v) is 13.1. The number of esters is 1. The molecule has 3 N–H and O–H groups in total. The summed E-state index contributed by atoms with van der Waals surface area (Å²) in [5, 5.41) is 33.9. The van der Waals surface area contributed by atoms with Gasteiger partial charge in [0.25, 0.3) is 0 Å². The highest BCUT2D eigenvalue weighted by Gasteiger charge is 2.69. The normalized spacial score (nSPS) is 46.4. The molecule has 6 heteroatoms. The lowest BCUT2D eigenvalue weighted by atomic mass is 9.42. The number of carbonyl (C=O) groups excluding carboxylic acids is 2. The van der Waals surface area contributed by atoms with Gasteiger partial charge in [0.1, 0.15) is 0 Å². The van der Waals surface area contributed by atoms with Crippen LogP contribution in [0.25, 0.3) is 0 Å². The molecule has 6 nitrogen and oxygen atoms in total. The van der Waals surface area contributed by atoms with Crippen molar-refractivity contribution in [2.24, 2.45) is 39.4 Å². The first-order chi connectivity index (χ1) is 15.7. The second-order valence-electron chi connectivity index (χ2n) is 13.1. The van der Waals surface area contributed by atoms with E-state index in [1.807, 2.05) is 0 Å². The van der Waals surface area contributed by atoms with Gasteiger partial charge < -0.3 is 20.1 Å². The Labute approximate surface area is 204 Å². The number of rotatable bonds is 4. The summed E-state index contributed by atoms with van der Waals surface area (Å²) in [7, 11) is 1.39. The van der Waals surface area contributed by atoms with E-state index >= 15 is 0 Å². The zero-order valence-electron chi connectivity index (χ0n) is 22.0. The predicted octanol–water partition coefficient (Wildman–Crippen LogP) is 3.81. The van der Waals surface area contributed by atoms with Crippen LogP contribution in [-0.4, -0.2) is 52.5 Å². The lowest BCUT2D eigenvalue weighted by molar-refractivity contribution is -0.142. The van der Waals surface area contributed by atoms with Gasteiger partial charge in [0.2, 0.25) is 0 Å². The molecule has 2 fully saturated rings. The first kappa shape index (κ1) is 25.8. The van der Waals surface area contributed by atoms with Crippen LogP contribution in [0.1, 0.15) is 86.5 Å². The molecular formula is C28H44O6. The van der Waals surface area contributed by atoms with Crippen molar-refractivity contribution in [3.63, 3.8) is 0 Å². The second-order valence-corrected chi connectivity index (χ2v) is 13.1. The van der Waals surface area contributed by atoms with Crippen molar-refractivity contribution in [3.8, 4) is 0 Å². The van der Waals surface area contributed by atoms with Gasteiger partial charge in [-0.3, -0.25) is 9.59 Å². The van der Waals surface area contributed by atoms with Gasteiger partial charge in [0.15, 0.2) is 5.78 Å². The fourth-order valence-corrected chi connectivity index (χ4v) is 9.02. The van der Waals surface area contributed by atoms with E-state index < -0.39 is 40.0 Å². The first-order valence-electron chi connectivity index (χ1n) is 13.1. The third-order valence-electron chi connectivity index (χ3n) is 11.3. The van der Waals surface area contributed by atoms with E-state index in [4.69, 9.17) is 4.74 Å². The minimum atomic E-state index is -0.815.